The number of urea groups is 1. The van der Waals surface area contributed by atoms with Crippen molar-refractivity contribution in [3.05, 3.63) is 35.1 Å². The van der Waals surface area contributed by atoms with E-state index in [0.717, 1.165) is 57.5 Å². The molecule has 0 atom stereocenters. The smallest absolute Gasteiger partial charge is 0.317 e. The summed E-state index contributed by atoms with van der Waals surface area (Å²) < 4.78 is 13.4. The summed E-state index contributed by atoms with van der Waals surface area (Å²) in [6.07, 6.45) is 3.14. The molecule has 2 aliphatic heterocycles. The molecule has 1 aromatic carbocycles. The number of hydrogen-bond donors (Lipinski definition) is 2. The molecule has 25 heavy (non-hydrogen) atoms. The van der Waals surface area contributed by atoms with Gasteiger partial charge in [-0.15, -0.1) is 0 Å². The molecule has 2 fully saturated rings. The maximum absolute atomic E-state index is 13.4. The molecule has 2 heterocycles. The SMILES string of the molecule is Cc1cc(CNC(=O)N2CCCN(C)C3(CCNCC3)C2)ccc1F. The predicted molar refractivity (Wildman–Crippen MR) is 97.0 cm³/mol. The largest absolute Gasteiger partial charge is 0.334 e. The van der Waals surface area contributed by atoms with Crippen LogP contribution in [0.4, 0.5) is 9.18 Å². The van der Waals surface area contributed by atoms with Gasteiger partial charge < -0.3 is 15.5 Å². The number of halogens is 1. The lowest BCUT2D eigenvalue weighted by atomic mass is 9.86. The minimum absolute atomic E-state index is 0.0183. The van der Waals surface area contributed by atoms with Crippen LogP contribution in [0.5, 0.6) is 0 Å². The zero-order valence-corrected chi connectivity index (χ0v) is 15.3. The van der Waals surface area contributed by atoms with E-state index in [1.807, 2.05) is 4.90 Å². The van der Waals surface area contributed by atoms with E-state index in [1.54, 1.807) is 19.1 Å². The number of hydrogen-bond acceptors (Lipinski definition) is 3. The van der Waals surface area contributed by atoms with E-state index in [0.29, 0.717) is 12.1 Å². The molecule has 2 amide bonds. The van der Waals surface area contributed by atoms with Gasteiger partial charge in [0.05, 0.1) is 0 Å². The Balaban J connectivity index is 1.63. The van der Waals surface area contributed by atoms with Crippen molar-refractivity contribution in [2.24, 2.45) is 0 Å². The molecule has 0 aliphatic carbocycles. The second-order valence-electron chi connectivity index (χ2n) is 7.41. The van der Waals surface area contributed by atoms with Gasteiger partial charge in [0.1, 0.15) is 5.82 Å². The van der Waals surface area contributed by atoms with Crippen LogP contribution in [0.1, 0.15) is 30.4 Å². The quantitative estimate of drug-likeness (QED) is 0.861. The third-order valence-corrected chi connectivity index (χ3v) is 5.70. The minimum atomic E-state index is -0.210. The number of amides is 2. The van der Waals surface area contributed by atoms with Crippen LogP contribution in [0.2, 0.25) is 0 Å². The average molecular weight is 348 g/mol. The topological polar surface area (TPSA) is 47.6 Å². The predicted octanol–water partition coefficient (Wildman–Crippen LogP) is 2.10. The lowest BCUT2D eigenvalue weighted by Gasteiger charge is -2.45. The van der Waals surface area contributed by atoms with Gasteiger partial charge in [0, 0.05) is 31.7 Å². The first-order chi connectivity index (χ1) is 12.0. The Bertz CT molecular complexity index is 615. The van der Waals surface area contributed by atoms with E-state index in [2.05, 4.69) is 22.6 Å². The Morgan fingerprint density at radius 3 is 2.80 bits per heavy atom. The first-order valence-corrected chi connectivity index (χ1v) is 9.20. The molecule has 138 valence electrons. The number of benzene rings is 1. The van der Waals surface area contributed by atoms with E-state index in [1.165, 1.54) is 6.07 Å². The van der Waals surface area contributed by atoms with Crippen molar-refractivity contribution in [1.29, 1.82) is 0 Å². The average Bonchev–Trinajstić information content (AvgIpc) is 2.76. The lowest BCUT2D eigenvalue weighted by molar-refractivity contribution is 0.0726. The first kappa shape index (κ1) is 18.1. The molecule has 2 saturated heterocycles. The Labute approximate surface area is 149 Å². The summed E-state index contributed by atoms with van der Waals surface area (Å²) >= 11 is 0. The summed E-state index contributed by atoms with van der Waals surface area (Å²) in [5.41, 5.74) is 1.62. The summed E-state index contributed by atoms with van der Waals surface area (Å²) in [5.74, 6) is -0.210. The summed E-state index contributed by atoms with van der Waals surface area (Å²) in [4.78, 5) is 17.1. The number of aryl methyl sites for hydroxylation is 1. The zero-order valence-electron chi connectivity index (χ0n) is 15.3. The molecule has 0 aromatic heterocycles. The van der Waals surface area contributed by atoms with Crippen LogP contribution in [0.15, 0.2) is 18.2 Å². The van der Waals surface area contributed by atoms with Crippen LogP contribution < -0.4 is 10.6 Å². The molecule has 1 spiro atoms. The van der Waals surface area contributed by atoms with Crippen molar-refractivity contribution < 1.29 is 9.18 Å². The van der Waals surface area contributed by atoms with Crippen molar-refractivity contribution >= 4 is 6.03 Å². The van der Waals surface area contributed by atoms with Crippen LogP contribution in [0, 0.1) is 12.7 Å². The molecule has 2 aliphatic rings. The highest BCUT2D eigenvalue weighted by Gasteiger charge is 2.40. The van der Waals surface area contributed by atoms with Crippen molar-refractivity contribution in [3.8, 4) is 0 Å². The summed E-state index contributed by atoms with van der Waals surface area (Å²) in [7, 11) is 2.19. The molecule has 3 rings (SSSR count). The fourth-order valence-corrected chi connectivity index (χ4v) is 4.00. The van der Waals surface area contributed by atoms with Crippen LogP contribution in [-0.2, 0) is 6.54 Å². The highest BCUT2D eigenvalue weighted by Crippen LogP contribution is 2.28. The van der Waals surface area contributed by atoms with Crippen molar-refractivity contribution in [3.63, 3.8) is 0 Å². The fourth-order valence-electron chi connectivity index (χ4n) is 4.00. The monoisotopic (exact) mass is 348 g/mol. The molecule has 0 radical (unpaired) electrons. The molecular weight excluding hydrogens is 319 g/mol. The maximum atomic E-state index is 13.4. The molecule has 6 heteroatoms. The highest BCUT2D eigenvalue weighted by molar-refractivity contribution is 5.74. The highest BCUT2D eigenvalue weighted by atomic mass is 19.1. The Hall–Kier alpha value is -1.66. The zero-order chi connectivity index (χ0) is 17.9. The summed E-state index contributed by atoms with van der Waals surface area (Å²) in [6.45, 7) is 6.78. The van der Waals surface area contributed by atoms with Gasteiger partial charge in [-0.1, -0.05) is 12.1 Å². The van der Waals surface area contributed by atoms with Gasteiger partial charge in [-0.3, -0.25) is 4.90 Å². The van der Waals surface area contributed by atoms with E-state index < -0.39 is 0 Å². The lowest BCUT2D eigenvalue weighted by Crippen LogP contribution is -2.58. The Kier molecular flexibility index (Phi) is 5.59. The van der Waals surface area contributed by atoms with Gasteiger partial charge in [-0.05, 0) is 63.5 Å². The second kappa shape index (κ2) is 7.70. The number of nitrogens with one attached hydrogen (secondary N) is 2. The molecule has 5 nitrogen and oxygen atoms in total. The Morgan fingerprint density at radius 1 is 1.32 bits per heavy atom. The molecule has 2 N–H and O–H groups in total. The molecule has 1 aromatic rings. The van der Waals surface area contributed by atoms with Gasteiger partial charge in [-0.25, -0.2) is 9.18 Å². The van der Waals surface area contributed by atoms with Crippen molar-refractivity contribution in [1.82, 2.24) is 20.4 Å². The number of likely N-dealkylation sites (N-methyl/N-ethyl adjacent to an activating group) is 1. The molecule has 0 bridgehead atoms. The van der Waals surface area contributed by atoms with Crippen LogP contribution in [-0.4, -0.2) is 61.1 Å². The van der Waals surface area contributed by atoms with Crippen LogP contribution in [0.25, 0.3) is 0 Å². The summed E-state index contributed by atoms with van der Waals surface area (Å²) in [6, 6.07) is 4.96. The maximum Gasteiger partial charge on any atom is 0.317 e. The number of carbonyl (C=O) groups excluding carboxylic acids is 1. The molecular formula is C19H29FN4O. The van der Waals surface area contributed by atoms with E-state index in [4.69, 9.17) is 0 Å². The number of piperidine rings is 1. The van der Waals surface area contributed by atoms with Crippen LogP contribution >= 0.6 is 0 Å². The van der Waals surface area contributed by atoms with Gasteiger partial charge in [-0.2, -0.15) is 0 Å². The van der Waals surface area contributed by atoms with Gasteiger partial charge in [0.2, 0.25) is 0 Å². The number of carbonyl (C=O) groups is 1. The van der Waals surface area contributed by atoms with Crippen LogP contribution in [0.3, 0.4) is 0 Å². The van der Waals surface area contributed by atoms with E-state index >= 15 is 0 Å². The minimum Gasteiger partial charge on any atom is -0.334 e. The first-order valence-electron chi connectivity index (χ1n) is 9.20. The van der Waals surface area contributed by atoms with E-state index in [9.17, 15) is 9.18 Å². The number of rotatable bonds is 2. The van der Waals surface area contributed by atoms with Gasteiger partial charge in [0.25, 0.3) is 0 Å². The van der Waals surface area contributed by atoms with Crippen molar-refractivity contribution in [2.75, 3.05) is 39.8 Å². The van der Waals surface area contributed by atoms with Crippen molar-refractivity contribution in [2.45, 2.75) is 38.3 Å². The van der Waals surface area contributed by atoms with Gasteiger partial charge in [0.15, 0.2) is 0 Å². The number of nitrogens with zero attached hydrogens (tertiary/aromatic N) is 2. The third kappa shape index (κ3) is 4.12. The summed E-state index contributed by atoms with van der Waals surface area (Å²) in [5, 5.41) is 6.43. The molecule has 0 unspecified atom stereocenters. The second-order valence-corrected chi connectivity index (χ2v) is 7.41. The standard InChI is InChI=1S/C19H29FN4O/c1-15-12-16(4-5-17(15)20)13-22-18(25)24-11-3-10-23(2)19(14-24)6-8-21-9-7-19/h4-5,12,21H,3,6-11,13-14H2,1-2H3,(H,22,25). The van der Waals surface area contributed by atoms with E-state index in [-0.39, 0.29) is 17.4 Å². The Morgan fingerprint density at radius 2 is 2.08 bits per heavy atom. The third-order valence-electron chi connectivity index (χ3n) is 5.70. The normalized spacial score (nSPS) is 21.2. The molecule has 0 saturated carbocycles. The van der Waals surface area contributed by atoms with Gasteiger partial charge >= 0.3 is 6.03 Å². The fraction of sp³-hybridized carbons (Fsp3) is 0.632.